The molecule has 142 valence electrons. The number of rotatable bonds is 6. The average Bonchev–Trinajstić information content (AvgIpc) is 2.70. The molecule has 1 unspecified atom stereocenters. The van der Waals surface area contributed by atoms with Gasteiger partial charge in [0.15, 0.2) is 0 Å². The predicted octanol–water partition coefficient (Wildman–Crippen LogP) is 6.07. The van der Waals surface area contributed by atoms with Crippen LogP contribution in [0.1, 0.15) is 19.4 Å². The summed E-state index contributed by atoms with van der Waals surface area (Å²) in [6.07, 6.45) is 7.73. The number of benzene rings is 3. The second-order valence-corrected chi connectivity index (χ2v) is 6.84. The number of hydrogen-bond donors (Lipinski definition) is 1. The summed E-state index contributed by atoms with van der Waals surface area (Å²) in [6.45, 7) is 5.82. The van der Waals surface area contributed by atoms with Crippen molar-refractivity contribution in [3.8, 4) is 0 Å². The van der Waals surface area contributed by atoms with Gasteiger partial charge in [0.2, 0.25) is 5.91 Å². The summed E-state index contributed by atoms with van der Waals surface area (Å²) in [7, 11) is 0. The van der Waals surface area contributed by atoms with Crippen molar-refractivity contribution < 1.29 is 4.79 Å². The lowest BCUT2D eigenvalue weighted by molar-refractivity contribution is -0.116. The molecule has 3 aromatic rings. The minimum absolute atomic E-state index is 0.0196. The molecule has 0 aromatic heterocycles. The van der Waals surface area contributed by atoms with Crippen LogP contribution in [0.25, 0.3) is 10.8 Å². The van der Waals surface area contributed by atoms with E-state index in [0.717, 1.165) is 11.4 Å². The fraction of sp³-hybridized carbons (Fsp3) is 0.160. The molecule has 0 aliphatic rings. The van der Waals surface area contributed by atoms with Gasteiger partial charge in [-0.3, -0.25) is 9.69 Å². The number of carbonyl (C=O) groups is 1. The third-order valence-electron chi connectivity index (χ3n) is 4.70. The standard InChI is InChI=1S/C25H26N2O/c1-19(26-25-17-16-22-12-7-8-15-24(22)20(25)2)11-9-10-18-27(21(3)28)23-13-5-4-6-14-23/h4-19,26H,1-3H3/b11-9+,18-10+. The zero-order valence-corrected chi connectivity index (χ0v) is 16.6. The SMILES string of the molecule is CC(=O)N(/C=C/C=C/C(C)Nc1ccc2ccccc2c1C)c1ccccc1. The van der Waals surface area contributed by atoms with Crippen LogP contribution in [0.4, 0.5) is 11.4 Å². The van der Waals surface area contributed by atoms with Gasteiger partial charge in [-0.05, 0) is 54.5 Å². The molecule has 0 spiro atoms. The largest absolute Gasteiger partial charge is 0.379 e. The Balaban J connectivity index is 1.67. The monoisotopic (exact) mass is 370 g/mol. The molecule has 1 amide bonds. The molecule has 0 aliphatic carbocycles. The summed E-state index contributed by atoms with van der Waals surface area (Å²) >= 11 is 0. The fourth-order valence-corrected chi connectivity index (χ4v) is 3.20. The first-order valence-corrected chi connectivity index (χ1v) is 9.51. The topological polar surface area (TPSA) is 32.3 Å². The number of para-hydroxylation sites is 1. The maximum atomic E-state index is 11.9. The highest BCUT2D eigenvalue weighted by Crippen LogP contribution is 2.25. The number of aryl methyl sites for hydroxylation is 1. The van der Waals surface area contributed by atoms with Gasteiger partial charge in [0, 0.05) is 30.5 Å². The van der Waals surface area contributed by atoms with Crippen LogP contribution in [0, 0.1) is 6.92 Å². The van der Waals surface area contributed by atoms with E-state index in [1.54, 1.807) is 18.0 Å². The molecule has 0 saturated heterocycles. The van der Waals surface area contributed by atoms with Crippen molar-refractivity contribution in [2.75, 3.05) is 10.2 Å². The Hall–Kier alpha value is -3.33. The van der Waals surface area contributed by atoms with Crippen molar-refractivity contribution >= 4 is 28.1 Å². The lowest BCUT2D eigenvalue weighted by Gasteiger charge is -2.16. The number of carbonyl (C=O) groups excluding carboxylic acids is 1. The van der Waals surface area contributed by atoms with Gasteiger partial charge in [0.25, 0.3) is 0 Å². The molecular formula is C25H26N2O. The van der Waals surface area contributed by atoms with E-state index in [1.807, 2.05) is 42.5 Å². The summed E-state index contributed by atoms with van der Waals surface area (Å²) in [4.78, 5) is 13.5. The smallest absolute Gasteiger partial charge is 0.227 e. The summed E-state index contributed by atoms with van der Waals surface area (Å²) in [5.41, 5.74) is 3.24. The number of allylic oxidation sites excluding steroid dienone is 2. The minimum Gasteiger partial charge on any atom is -0.379 e. The van der Waals surface area contributed by atoms with Crippen LogP contribution in [0.15, 0.2) is 91.2 Å². The molecule has 0 aliphatic heterocycles. The van der Waals surface area contributed by atoms with Gasteiger partial charge < -0.3 is 5.32 Å². The van der Waals surface area contributed by atoms with E-state index in [1.165, 1.54) is 16.3 Å². The van der Waals surface area contributed by atoms with Crippen molar-refractivity contribution in [2.45, 2.75) is 26.8 Å². The highest BCUT2D eigenvalue weighted by atomic mass is 16.2. The van der Waals surface area contributed by atoms with Gasteiger partial charge in [0.1, 0.15) is 0 Å². The average molecular weight is 370 g/mol. The molecule has 3 aromatic carbocycles. The number of nitrogens with one attached hydrogen (secondary N) is 1. The molecular weight excluding hydrogens is 344 g/mol. The molecule has 28 heavy (non-hydrogen) atoms. The van der Waals surface area contributed by atoms with Crippen LogP contribution in [0.2, 0.25) is 0 Å². The van der Waals surface area contributed by atoms with E-state index in [4.69, 9.17) is 0 Å². The molecule has 0 bridgehead atoms. The van der Waals surface area contributed by atoms with E-state index in [0.29, 0.717) is 0 Å². The Labute approximate surface area is 167 Å². The van der Waals surface area contributed by atoms with Gasteiger partial charge in [-0.2, -0.15) is 0 Å². The minimum atomic E-state index is -0.0196. The Bertz CT molecular complexity index is 1010. The maximum absolute atomic E-state index is 11.9. The quantitative estimate of drug-likeness (QED) is 0.534. The molecule has 3 heteroatoms. The second-order valence-electron chi connectivity index (χ2n) is 6.84. The zero-order chi connectivity index (χ0) is 19.9. The Kier molecular flexibility index (Phi) is 6.28. The number of fused-ring (bicyclic) bond motifs is 1. The fourth-order valence-electron chi connectivity index (χ4n) is 3.20. The van der Waals surface area contributed by atoms with Crippen molar-refractivity contribution in [3.63, 3.8) is 0 Å². The van der Waals surface area contributed by atoms with E-state index < -0.39 is 0 Å². The highest BCUT2D eigenvalue weighted by Gasteiger charge is 2.07. The molecule has 0 saturated carbocycles. The van der Waals surface area contributed by atoms with Crippen LogP contribution in [0.3, 0.4) is 0 Å². The van der Waals surface area contributed by atoms with Crippen molar-refractivity contribution in [2.24, 2.45) is 0 Å². The third-order valence-corrected chi connectivity index (χ3v) is 4.70. The maximum Gasteiger partial charge on any atom is 0.227 e. The van der Waals surface area contributed by atoms with Gasteiger partial charge >= 0.3 is 0 Å². The molecule has 0 fully saturated rings. The van der Waals surface area contributed by atoms with Crippen LogP contribution in [-0.4, -0.2) is 11.9 Å². The van der Waals surface area contributed by atoms with Crippen LogP contribution < -0.4 is 10.2 Å². The summed E-state index contributed by atoms with van der Waals surface area (Å²) in [6, 6.07) is 22.5. The van der Waals surface area contributed by atoms with Gasteiger partial charge in [-0.15, -0.1) is 0 Å². The van der Waals surface area contributed by atoms with Crippen molar-refractivity contribution in [1.82, 2.24) is 0 Å². The van der Waals surface area contributed by atoms with Gasteiger partial charge in [-0.25, -0.2) is 0 Å². The van der Waals surface area contributed by atoms with Crippen LogP contribution in [0.5, 0.6) is 0 Å². The summed E-state index contributed by atoms with van der Waals surface area (Å²) in [5, 5.41) is 6.06. The van der Waals surface area contributed by atoms with Crippen LogP contribution >= 0.6 is 0 Å². The molecule has 3 rings (SSSR count). The first-order valence-electron chi connectivity index (χ1n) is 9.51. The first kappa shape index (κ1) is 19.4. The van der Waals surface area contributed by atoms with E-state index in [-0.39, 0.29) is 11.9 Å². The third kappa shape index (κ3) is 4.68. The number of anilines is 2. The van der Waals surface area contributed by atoms with E-state index >= 15 is 0 Å². The number of nitrogens with zero attached hydrogens (tertiary/aromatic N) is 1. The van der Waals surface area contributed by atoms with Crippen molar-refractivity contribution in [1.29, 1.82) is 0 Å². The van der Waals surface area contributed by atoms with Gasteiger partial charge in [-0.1, -0.05) is 60.7 Å². The number of hydrogen-bond acceptors (Lipinski definition) is 2. The zero-order valence-electron chi connectivity index (χ0n) is 16.6. The van der Waals surface area contributed by atoms with E-state index in [9.17, 15) is 4.79 Å². The molecule has 0 heterocycles. The molecule has 0 radical (unpaired) electrons. The summed E-state index contributed by atoms with van der Waals surface area (Å²) in [5.74, 6) is -0.0196. The summed E-state index contributed by atoms with van der Waals surface area (Å²) < 4.78 is 0. The van der Waals surface area contributed by atoms with Crippen molar-refractivity contribution in [3.05, 3.63) is 96.7 Å². The molecule has 1 atom stereocenters. The lowest BCUT2D eigenvalue weighted by Crippen LogP contribution is -2.21. The molecule has 1 N–H and O–H groups in total. The lowest BCUT2D eigenvalue weighted by atomic mass is 10.0. The first-order chi connectivity index (χ1) is 13.6. The Morgan fingerprint density at radius 2 is 1.68 bits per heavy atom. The second kappa shape index (κ2) is 9.05. The highest BCUT2D eigenvalue weighted by molar-refractivity contribution is 5.93. The number of amides is 1. The molecule has 3 nitrogen and oxygen atoms in total. The Morgan fingerprint density at radius 1 is 0.964 bits per heavy atom. The van der Waals surface area contributed by atoms with E-state index in [2.05, 4.69) is 61.6 Å². The van der Waals surface area contributed by atoms with Gasteiger partial charge in [0.05, 0.1) is 0 Å². The normalized spacial score (nSPS) is 12.5. The predicted molar refractivity (Wildman–Crippen MR) is 120 cm³/mol. The Morgan fingerprint density at radius 3 is 2.43 bits per heavy atom. The van der Waals surface area contributed by atoms with Crippen LogP contribution in [-0.2, 0) is 4.79 Å².